The molecule has 0 aromatic rings. The van der Waals surface area contributed by atoms with E-state index in [1.54, 1.807) is 0 Å². The van der Waals surface area contributed by atoms with Gasteiger partial charge < -0.3 is 4.31 Å². The van der Waals surface area contributed by atoms with Crippen molar-refractivity contribution in [1.82, 2.24) is 4.31 Å². The second-order valence-corrected chi connectivity index (χ2v) is 3.22. The fourth-order valence-electron chi connectivity index (χ4n) is 0.666. The van der Waals surface area contributed by atoms with Crippen LogP contribution in [0, 0.1) is 0 Å². The smallest absolute Gasteiger partial charge is 0.101 e. The number of hydrogen-bond donors (Lipinski definition) is 0. The molecule has 0 radical (unpaired) electrons. The summed E-state index contributed by atoms with van der Waals surface area (Å²) in [6, 6.07) is 0. The fourth-order valence-corrected chi connectivity index (χ4v) is 1.40. The molecule has 3 heteroatoms. The number of aliphatic imine (C=N–C) groups is 1. The van der Waals surface area contributed by atoms with Crippen LogP contribution in [0.15, 0.2) is 17.3 Å². The first-order chi connectivity index (χ1) is 4.93. The number of hydrogen-bond acceptors (Lipinski definition) is 3. The summed E-state index contributed by atoms with van der Waals surface area (Å²) in [6.45, 7) is 3.18. The van der Waals surface area contributed by atoms with Gasteiger partial charge in [-0.15, -0.1) is 0 Å². The Hall–Kier alpha value is -0.440. The van der Waals surface area contributed by atoms with Gasteiger partial charge in [-0.1, -0.05) is 6.92 Å². The first-order valence-electron chi connectivity index (χ1n) is 3.51. The molecular weight excluding hydrogens is 144 g/mol. The van der Waals surface area contributed by atoms with Gasteiger partial charge in [0, 0.05) is 12.0 Å². The van der Waals surface area contributed by atoms with E-state index in [4.69, 9.17) is 0 Å². The maximum Gasteiger partial charge on any atom is 0.101 e. The highest BCUT2D eigenvalue weighted by Crippen LogP contribution is 2.10. The van der Waals surface area contributed by atoms with Gasteiger partial charge in [-0.2, -0.15) is 0 Å². The van der Waals surface area contributed by atoms with E-state index >= 15 is 0 Å². The zero-order chi connectivity index (χ0) is 7.23. The van der Waals surface area contributed by atoms with Crippen molar-refractivity contribution in [2.45, 2.75) is 13.3 Å². The summed E-state index contributed by atoms with van der Waals surface area (Å²) < 4.78 is 2.14. The summed E-state index contributed by atoms with van der Waals surface area (Å²) in [4.78, 5) is 4.01. The predicted octanol–water partition coefficient (Wildman–Crippen LogP) is 1.90. The molecule has 1 aliphatic heterocycles. The van der Waals surface area contributed by atoms with Gasteiger partial charge in [-0.3, -0.25) is 0 Å². The van der Waals surface area contributed by atoms with Crippen molar-refractivity contribution in [3.8, 4) is 0 Å². The Balaban J connectivity index is 2.17. The Morgan fingerprint density at radius 3 is 3.20 bits per heavy atom. The maximum atomic E-state index is 4.01. The molecule has 0 aromatic carbocycles. The summed E-state index contributed by atoms with van der Waals surface area (Å²) in [6.07, 6.45) is 6.99. The first-order valence-corrected chi connectivity index (χ1v) is 4.45. The van der Waals surface area contributed by atoms with Crippen LogP contribution in [0.3, 0.4) is 0 Å². The van der Waals surface area contributed by atoms with E-state index in [2.05, 4.69) is 22.3 Å². The molecule has 0 N–H and O–H groups in total. The quantitative estimate of drug-likeness (QED) is 0.580. The van der Waals surface area contributed by atoms with Crippen molar-refractivity contribution in [2.24, 2.45) is 4.99 Å². The third-order valence-corrected chi connectivity index (χ3v) is 2.30. The minimum absolute atomic E-state index is 0.994. The molecule has 0 spiro atoms. The van der Waals surface area contributed by atoms with Crippen molar-refractivity contribution in [1.29, 1.82) is 0 Å². The molecule has 0 fully saturated rings. The zero-order valence-corrected chi connectivity index (χ0v) is 6.97. The summed E-state index contributed by atoms with van der Waals surface area (Å²) in [7, 11) is 0. The molecular formula is C7H12N2S. The van der Waals surface area contributed by atoms with Gasteiger partial charge in [0.2, 0.25) is 0 Å². The monoisotopic (exact) mass is 156 g/mol. The minimum Gasteiger partial charge on any atom is -0.303 e. The topological polar surface area (TPSA) is 15.6 Å². The molecule has 0 unspecified atom stereocenters. The molecule has 56 valence electrons. The molecule has 0 bridgehead atoms. The van der Waals surface area contributed by atoms with Crippen molar-refractivity contribution in [3.63, 3.8) is 0 Å². The largest absolute Gasteiger partial charge is 0.303 e. The molecule has 1 heterocycles. The Labute approximate surface area is 66.1 Å². The molecule has 0 amide bonds. The van der Waals surface area contributed by atoms with Crippen LogP contribution >= 0.6 is 11.9 Å². The highest BCUT2D eigenvalue weighted by molar-refractivity contribution is 7.97. The molecule has 1 aliphatic rings. The molecule has 10 heavy (non-hydrogen) atoms. The van der Waals surface area contributed by atoms with Crippen molar-refractivity contribution in [2.75, 3.05) is 12.3 Å². The average Bonchev–Trinajstić information content (AvgIpc) is 2.03. The predicted molar refractivity (Wildman–Crippen MR) is 47.1 cm³/mol. The van der Waals surface area contributed by atoms with Gasteiger partial charge >= 0.3 is 0 Å². The van der Waals surface area contributed by atoms with Gasteiger partial charge in [-0.25, -0.2) is 4.99 Å². The zero-order valence-electron chi connectivity index (χ0n) is 6.16. The van der Waals surface area contributed by atoms with Gasteiger partial charge in [0.15, 0.2) is 0 Å². The normalized spacial score (nSPS) is 16.3. The van der Waals surface area contributed by atoms with Crippen LogP contribution in [0.1, 0.15) is 13.3 Å². The van der Waals surface area contributed by atoms with E-state index < -0.39 is 0 Å². The van der Waals surface area contributed by atoms with Crippen molar-refractivity contribution < 1.29 is 0 Å². The van der Waals surface area contributed by atoms with Crippen LogP contribution in [0.4, 0.5) is 0 Å². The van der Waals surface area contributed by atoms with Crippen LogP contribution in [0.2, 0.25) is 0 Å². The lowest BCUT2D eigenvalue weighted by Gasteiger charge is -2.16. The number of rotatable bonds is 3. The van der Waals surface area contributed by atoms with Crippen LogP contribution < -0.4 is 0 Å². The van der Waals surface area contributed by atoms with Crippen molar-refractivity contribution >= 4 is 18.3 Å². The van der Waals surface area contributed by atoms with Crippen LogP contribution in [-0.2, 0) is 0 Å². The SMILES string of the molecule is CCCSN1C=NC=CC1. The summed E-state index contributed by atoms with van der Waals surface area (Å²) in [5, 5.41) is 0. The standard InChI is InChI=1S/C7H12N2S/c1-2-6-10-9-5-3-4-8-7-9/h3-4,7H,2,5-6H2,1H3. The van der Waals surface area contributed by atoms with Gasteiger partial charge in [-0.05, 0) is 24.4 Å². The second-order valence-electron chi connectivity index (χ2n) is 2.08. The molecule has 0 aromatic heterocycles. The molecule has 1 rings (SSSR count). The molecule has 0 saturated heterocycles. The highest BCUT2D eigenvalue weighted by atomic mass is 32.2. The minimum atomic E-state index is 0.994. The van der Waals surface area contributed by atoms with Crippen LogP contribution in [0.25, 0.3) is 0 Å². The summed E-state index contributed by atoms with van der Waals surface area (Å²) >= 11 is 1.83. The van der Waals surface area contributed by atoms with E-state index in [9.17, 15) is 0 Å². The highest BCUT2D eigenvalue weighted by Gasteiger charge is 1.98. The van der Waals surface area contributed by atoms with Gasteiger partial charge in [0.1, 0.15) is 6.34 Å². The van der Waals surface area contributed by atoms with E-state index in [0.717, 1.165) is 6.54 Å². The van der Waals surface area contributed by atoms with Crippen LogP contribution in [-0.4, -0.2) is 22.9 Å². The Morgan fingerprint density at radius 1 is 1.70 bits per heavy atom. The fraction of sp³-hybridized carbons (Fsp3) is 0.571. The summed E-state index contributed by atoms with van der Waals surface area (Å²) in [5.41, 5.74) is 0. The summed E-state index contributed by atoms with van der Waals surface area (Å²) in [5.74, 6) is 1.18. The Bertz CT molecular complexity index is 143. The Kier molecular flexibility index (Phi) is 3.36. The van der Waals surface area contributed by atoms with E-state index in [0.29, 0.717) is 0 Å². The maximum absolute atomic E-state index is 4.01. The second kappa shape index (κ2) is 4.39. The lowest BCUT2D eigenvalue weighted by molar-refractivity contribution is 0.765. The Morgan fingerprint density at radius 2 is 2.60 bits per heavy atom. The van der Waals surface area contributed by atoms with E-state index in [1.807, 2.05) is 24.5 Å². The van der Waals surface area contributed by atoms with E-state index in [-0.39, 0.29) is 0 Å². The van der Waals surface area contributed by atoms with Gasteiger partial charge in [0.05, 0.1) is 6.54 Å². The van der Waals surface area contributed by atoms with Gasteiger partial charge in [0.25, 0.3) is 0 Å². The third kappa shape index (κ3) is 2.43. The molecule has 0 saturated carbocycles. The van der Waals surface area contributed by atoms with Crippen LogP contribution in [0.5, 0.6) is 0 Å². The average molecular weight is 156 g/mol. The lowest BCUT2D eigenvalue weighted by atomic mass is 10.6. The first kappa shape index (κ1) is 7.66. The van der Waals surface area contributed by atoms with E-state index in [1.165, 1.54) is 12.2 Å². The molecule has 0 atom stereocenters. The molecule has 0 aliphatic carbocycles. The third-order valence-electron chi connectivity index (χ3n) is 1.13. The number of nitrogens with zero attached hydrogens (tertiary/aromatic N) is 2. The van der Waals surface area contributed by atoms with Crippen molar-refractivity contribution in [3.05, 3.63) is 12.3 Å². The molecule has 2 nitrogen and oxygen atoms in total. The lowest BCUT2D eigenvalue weighted by Crippen LogP contribution is -2.15.